The van der Waals surface area contributed by atoms with Crippen molar-refractivity contribution in [1.82, 2.24) is 4.90 Å². The zero-order valence-electron chi connectivity index (χ0n) is 10.6. The van der Waals surface area contributed by atoms with E-state index in [-0.39, 0.29) is 12.0 Å². The molecule has 2 fully saturated rings. The number of carbonyl (C=O) groups is 1. The molecule has 3 unspecified atom stereocenters. The van der Waals surface area contributed by atoms with E-state index in [4.69, 9.17) is 4.74 Å². The summed E-state index contributed by atoms with van der Waals surface area (Å²) >= 11 is 0. The SMILES string of the molecule is COCC1CCN(C2CCCCC2C(=O)O)C1. The molecule has 2 aliphatic rings. The summed E-state index contributed by atoms with van der Waals surface area (Å²) in [6.45, 7) is 2.87. The first-order valence-corrected chi connectivity index (χ1v) is 6.68. The van der Waals surface area contributed by atoms with E-state index in [1.807, 2.05) is 0 Å². The van der Waals surface area contributed by atoms with Gasteiger partial charge in [0.25, 0.3) is 0 Å². The van der Waals surface area contributed by atoms with Gasteiger partial charge in [-0.2, -0.15) is 0 Å². The van der Waals surface area contributed by atoms with Crippen LogP contribution in [0.25, 0.3) is 0 Å². The molecule has 17 heavy (non-hydrogen) atoms. The highest BCUT2D eigenvalue weighted by molar-refractivity contribution is 5.71. The number of aliphatic carboxylic acids is 1. The Morgan fingerprint density at radius 2 is 2.12 bits per heavy atom. The average molecular weight is 241 g/mol. The monoisotopic (exact) mass is 241 g/mol. The summed E-state index contributed by atoms with van der Waals surface area (Å²) in [5, 5.41) is 9.29. The van der Waals surface area contributed by atoms with Gasteiger partial charge in [-0.3, -0.25) is 9.69 Å². The number of carboxylic acids is 1. The number of nitrogens with zero attached hydrogens (tertiary/aromatic N) is 1. The van der Waals surface area contributed by atoms with Crippen molar-refractivity contribution in [3.8, 4) is 0 Å². The first kappa shape index (κ1) is 12.8. The van der Waals surface area contributed by atoms with E-state index in [0.29, 0.717) is 5.92 Å². The number of rotatable bonds is 4. The Morgan fingerprint density at radius 1 is 1.35 bits per heavy atom. The summed E-state index contributed by atoms with van der Waals surface area (Å²) in [6.07, 6.45) is 5.31. The summed E-state index contributed by atoms with van der Waals surface area (Å²) in [6, 6.07) is 0.267. The Balaban J connectivity index is 1.93. The number of carboxylic acid groups (broad SMARTS) is 1. The molecule has 98 valence electrons. The van der Waals surface area contributed by atoms with E-state index in [2.05, 4.69) is 4.90 Å². The van der Waals surface area contributed by atoms with Crippen LogP contribution < -0.4 is 0 Å². The van der Waals surface area contributed by atoms with E-state index >= 15 is 0 Å². The van der Waals surface area contributed by atoms with Gasteiger partial charge < -0.3 is 9.84 Å². The number of hydrogen-bond donors (Lipinski definition) is 1. The molecular formula is C13H23NO3. The van der Waals surface area contributed by atoms with Crippen LogP contribution in [-0.4, -0.2) is 48.8 Å². The van der Waals surface area contributed by atoms with Crippen LogP contribution >= 0.6 is 0 Å². The average Bonchev–Trinajstić information content (AvgIpc) is 2.78. The molecule has 1 N–H and O–H groups in total. The van der Waals surface area contributed by atoms with Crippen LogP contribution in [0.1, 0.15) is 32.1 Å². The normalized spacial score (nSPS) is 35.0. The molecule has 1 saturated heterocycles. The highest BCUT2D eigenvalue weighted by atomic mass is 16.5. The van der Waals surface area contributed by atoms with Gasteiger partial charge in [0, 0.05) is 19.7 Å². The molecule has 0 aromatic heterocycles. The molecule has 1 aliphatic heterocycles. The molecule has 1 heterocycles. The smallest absolute Gasteiger partial charge is 0.308 e. The van der Waals surface area contributed by atoms with Gasteiger partial charge in [-0.1, -0.05) is 12.8 Å². The molecule has 1 saturated carbocycles. The number of likely N-dealkylation sites (tertiary alicyclic amines) is 1. The molecular weight excluding hydrogens is 218 g/mol. The molecule has 0 spiro atoms. The molecule has 0 amide bonds. The largest absolute Gasteiger partial charge is 0.481 e. The summed E-state index contributed by atoms with van der Waals surface area (Å²) in [4.78, 5) is 13.7. The lowest BCUT2D eigenvalue weighted by Gasteiger charge is -2.35. The fourth-order valence-corrected chi connectivity index (χ4v) is 3.37. The summed E-state index contributed by atoms with van der Waals surface area (Å²) in [5.41, 5.74) is 0. The summed E-state index contributed by atoms with van der Waals surface area (Å²) in [7, 11) is 1.74. The maximum Gasteiger partial charge on any atom is 0.308 e. The number of ether oxygens (including phenoxy) is 1. The third-order valence-electron chi connectivity index (χ3n) is 4.24. The lowest BCUT2D eigenvalue weighted by Crippen LogP contribution is -2.44. The van der Waals surface area contributed by atoms with E-state index < -0.39 is 5.97 Å². The Bertz CT molecular complexity index is 269. The second-order valence-electron chi connectivity index (χ2n) is 5.40. The highest BCUT2D eigenvalue weighted by Gasteiger charge is 2.37. The topological polar surface area (TPSA) is 49.8 Å². The van der Waals surface area contributed by atoms with Gasteiger partial charge in [-0.05, 0) is 31.7 Å². The molecule has 3 atom stereocenters. The first-order valence-electron chi connectivity index (χ1n) is 6.68. The fraction of sp³-hybridized carbons (Fsp3) is 0.923. The van der Waals surface area contributed by atoms with E-state index in [9.17, 15) is 9.90 Å². The first-order chi connectivity index (χ1) is 8.22. The molecule has 0 radical (unpaired) electrons. The molecule has 0 aromatic rings. The van der Waals surface area contributed by atoms with Crippen LogP contribution in [0.2, 0.25) is 0 Å². The van der Waals surface area contributed by atoms with E-state index in [1.54, 1.807) is 7.11 Å². The van der Waals surface area contributed by atoms with E-state index in [0.717, 1.165) is 45.4 Å². The standard InChI is InChI=1S/C13H23NO3/c1-17-9-10-6-7-14(8-10)12-5-3-2-4-11(12)13(15)16/h10-12H,2-9H2,1H3,(H,15,16). The summed E-state index contributed by atoms with van der Waals surface area (Å²) in [5.74, 6) is -0.161. The molecule has 0 aromatic carbocycles. The van der Waals surface area contributed by atoms with Gasteiger partial charge >= 0.3 is 5.97 Å². The van der Waals surface area contributed by atoms with Crippen molar-refractivity contribution in [3.63, 3.8) is 0 Å². The van der Waals surface area contributed by atoms with Gasteiger partial charge in [-0.15, -0.1) is 0 Å². The second kappa shape index (κ2) is 5.83. The maximum atomic E-state index is 11.3. The third-order valence-corrected chi connectivity index (χ3v) is 4.24. The number of hydrogen-bond acceptors (Lipinski definition) is 3. The van der Waals surface area contributed by atoms with Crippen LogP contribution in [0.5, 0.6) is 0 Å². The van der Waals surface area contributed by atoms with Crippen molar-refractivity contribution in [3.05, 3.63) is 0 Å². The maximum absolute atomic E-state index is 11.3. The molecule has 1 aliphatic carbocycles. The van der Waals surface area contributed by atoms with Crippen LogP contribution in [-0.2, 0) is 9.53 Å². The quantitative estimate of drug-likeness (QED) is 0.812. The van der Waals surface area contributed by atoms with Crippen molar-refractivity contribution in [1.29, 1.82) is 0 Å². The van der Waals surface area contributed by atoms with Crippen molar-refractivity contribution >= 4 is 5.97 Å². The van der Waals surface area contributed by atoms with Crippen LogP contribution in [0.3, 0.4) is 0 Å². The number of methoxy groups -OCH3 is 1. The van der Waals surface area contributed by atoms with Gasteiger partial charge in [0.05, 0.1) is 12.5 Å². The van der Waals surface area contributed by atoms with Gasteiger partial charge in [0.1, 0.15) is 0 Å². The van der Waals surface area contributed by atoms with Crippen molar-refractivity contribution in [2.24, 2.45) is 11.8 Å². The molecule has 2 rings (SSSR count). The van der Waals surface area contributed by atoms with Gasteiger partial charge in [-0.25, -0.2) is 0 Å². The Morgan fingerprint density at radius 3 is 2.82 bits per heavy atom. The Labute approximate surface area is 103 Å². The van der Waals surface area contributed by atoms with Crippen LogP contribution in [0, 0.1) is 11.8 Å². The summed E-state index contributed by atoms with van der Waals surface area (Å²) < 4.78 is 5.19. The Kier molecular flexibility index (Phi) is 4.40. The minimum absolute atomic E-state index is 0.148. The molecule has 0 bridgehead atoms. The van der Waals surface area contributed by atoms with E-state index in [1.165, 1.54) is 6.42 Å². The second-order valence-corrected chi connectivity index (χ2v) is 5.40. The predicted molar refractivity (Wildman–Crippen MR) is 64.9 cm³/mol. The van der Waals surface area contributed by atoms with Crippen LogP contribution in [0.4, 0.5) is 0 Å². The van der Waals surface area contributed by atoms with Crippen molar-refractivity contribution < 1.29 is 14.6 Å². The minimum Gasteiger partial charge on any atom is -0.481 e. The van der Waals surface area contributed by atoms with Crippen LogP contribution in [0.15, 0.2) is 0 Å². The van der Waals surface area contributed by atoms with Gasteiger partial charge in [0.15, 0.2) is 0 Å². The molecule has 4 nitrogen and oxygen atoms in total. The third kappa shape index (κ3) is 2.99. The fourth-order valence-electron chi connectivity index (χ4n) is 3.37. The highest BCUT2D eigenvalue weighted by Crippen LogP contribution is 2.32. The lowest BCUT2D eigenvalue weighted by molar-refractivity contribution is -0.145. The zero-order valence-corrected chi connectivity index (χ0v) is 10.6. The van der Waals surface area contributed by atoms with Crippen molar-refractivity contribution in [2.75, 3.05) is 26.8 Å². The Hall–Kier alpha value is -0.610. The predicted octanol–water partition coefficient (Wildman–Crippen LogP) is 1.60. The lowest BCUT2D eigenvalue weighted by atomic mass is 9.83. The van der Waals surface area contributed by atoms with Crippen molar-refractivity contribution in [2.45, 2.75) is 38.1 Å². The zero-order chi connectivity index (χ0) is 12.3. The minimum atomic E-state index is -0.607. The molecule has 4 heteroatoms. The van der Waals surface area contributed by atoms with Gasteiger partial charge in [0.2, 0.25) is 0 Å².